The van der Waals surface area contributed by atoms with Crippen LogP contribution in [0.25, 0.3) is 0 Å². The molecule has 2 aliphatic rings. The van der Waals surface area contributed by atoms with E-state index in [1.54, 1.807) is 0 Å². The summed E-state index contributed by atoms with van der Waals surface area (Å²) in [6.45, 7) is 2.82. The first-order valence-corrected chi connectivity index (χ1v) is 7.20. The van der Waals surface area contributed by atoms with Crippen LogP contribution in [0.5, 0.6) is 5.75 Å². The van der Waals surface area contributed by atoms with Gasteiger partial charge in [-0.05, 0) is 31.7 Å². The third-order valence-electron chi connectivity index (χ3n) is 3.86. The summed E-state index contributed by atoms with van der Waals surface area (Å²) in [7, 11) is 0. The van der Waals surface area contributed by atoms with E-state index in [4.69, 9.17) is 15.2 Å². The van der Waals surface area contributed by atoms with Crippen LogP contribution in [-0.2, 0) is 4.74 Å². The number of nitrogen functional groups attached to an aromatic ring is 1. The third-order valence-corrected chi connectivity index (χ3v) is 3.86. The highest BCUT2D eigenvalue weighted by atomic mass is 16.5. The predicted octanol–water partition coefficient (Wildman–Crippen LogP) is 2.79. The number of ether oxygens (including phenoxy) is 2. The second-order valence-electron chi connectivity index (χ2n) is 5.50. The zero-order valence-corrected chi connectivity index (χ0v) is 11.4. The summed E-state index contributed by atoms with van der Waals surface area (Å²) in [4.78, 5) is 0. The maximum atomic E-state index is 5.93. The van der Waals surface area contributed by atoms with Crippen LogP contribution in [0.4, 0.5) is 11.4 Å². The number of benzene rings is 1. The van der Waals surface area contributed by atoms with Crippen molar-refractivity contribution in [2.24, 2.45) is 0 Å². The van der Waals surface area contributed by atoms with E-state index < -0.39 is 0 Å². The van der Waals surface area contributed by atoms with Gasteiger partial charge >= 0.3 is 0 Å². The lowest BCUT2D eigenvalue weighted by Crippen LogP contribution is -2.30. The zero-order chi connectivity index (χ0) is 13.2. The molecular formula is C15H22N2O2. The number of anilines is 2. The first kappa shape index (κ1) is 12.6. The van der Waals surface area contributed by atoms with Crippen LogP contribution in [0, 0.1) is 0 Å². The Hall–Kier alpha value is -1.42. The number of rotatable bonds is 5. The minimum atomic E-state index is 0.367. The number of fused-ring (bicyclic) bond motifs is 2. The van der Waals surface area contributed by atoms with Gasteiger partial charge in [0.15, 0.2) is 0 Å². The van der Waals surface area contributed by atoms with Gasteiger partial charge in [0, 0.05) is 23.5 Å². The molecule has 1 aromatic rings. The minimum absolute atomic E-state index is 0.367. The van der Waals surface area contributed by atoms with Crippen molar-refractivity contribution in [3.05, 3.63) is 18.2 Å². The second kappa shape index (κ2) is 5.29. The monoisotopic (exact) mass is 262 g/mol. The van der Waals surface area contributed by atoms with Gasteiger partial charge in [-0.3, -0.25) is 0 Å². The first-order valence-electron chi connectivity index (χ1n) is 7.20. The van der Waals surface area contributed by atoms with Crippen molar-refractivity contribution >= 4 is 11.4 Å². The van der Waals surface area contributed by atoms with Gasteiger partial charge in [0.2, 0.25) is 0 Å². The van der Waals surface area contributed by atoms with E-state index in [2.05, 4.69) is 12.2 Å². The SMILES string of the molecule is CCCOc1cc(N)cc(NC2CC3CCC2O3)c1. The van der Waals surface area contributed by atoms with Crippen LogP contribution in [0.2, 0.25) is 0 Å². The number of nitrogens with two attached hydrogens (primary N) is 1. The van der Waals surface area contributed by atoms with Crippen molar-refractivity contribution in [2.45, 2.75) is 50.9 Å². The third kappa shape index (κ3) is 2.78. The molecule has 2 bridgehead atoms. The van der Waals surface area contributed by atoms with Crippen molar-refractivity contribution in [2.75, 3.05) is 17.7 Å². The van der Waals surface area contributed by atoms with Crippen molar-refractivity contribution in [1.29, 1.82) is 0 Å². The number of nitrogens with one attached hydrogen (secondary N) is 1. The van der Waals surface area contributed by atoms with E-state index in [-0.39, 0.29) is 0 Å². The standard InChI is InChI=1S/C15H22N2O2/c1-2-5-18-13-7-10(16)6-11(8-13)17-14-9-12-3-4-15(14)19-12/h6-8,12,14-15,17H,2-5,9,16H2,1H3. The fourth-order valence-corrected chi connectivity index (χ4v) is 3.01. The van der Waals surface area contributed by atoms with Crippen LogP contribution in [-0.4, -0.2) is 24.9 Å². The normalized spacial score (nSPS) is 28.6. The van der Waals surface area contributed by atoms with Crippen molar-refractivity contribution in [3.63, 3.8) is 0 Å². The fraction of sp³-hybridized carbons (Fsp3) is 0.600. The first-order chi connectivity index (χ1) is 9.24. The molecule has 2 saturated heterocycles. The molecule has 104 valence electrons. The lowest BCUT2D eigenvalue weighted by atomic mass is 9.95. The molecule has 2 aliphatic heterocycles. The molecule has 4 nitrogen and oxygen atoms in total. The molecule has 3 N–H and O–H groups in total. The molecule has 2 fully saturated rings. The van der Waals surface area contributed by atoms with E-state index in [0.29, 0.717) is 18.2 Å². The van der Waals surface area contributed by atoms with Crippen molar-refractivity contribution in [1.82, 2.24) is 0 Å². The Balaban J connectivity index is 1.68. The summed E-state index contributed by atoms with van der Waals surface area (Å²) in [5, 5.41) is 3.54. The summed E-state index contributed by atoms with van der Waals surface area (Å²) in [5.41, 5.74) is 7.70. The average molecular weight is 262 g/mol. The highest BCUT2D eigenvalue weighted by Crippen LogP contribution is 2.36. The maximum absolute atomic E-state index is 5.93. The Morgan fingerprint density at radius 3 is 2.95 bits per heavy atom. The molecular weight excluding hydrogens is 240 g/mol. The van der Waals surface area contributed by atoms with Gasteiger partial charge < -0.3 is 20.5 Å². The van der Waals surface area contributed by atoms with Gasteiger partial charge in [-0.25, -0.2) is 0 Å². The Bertz CT molecular complexity index is 450. The van der Waals surface area contributed by atoms with Crippen LogP contribution >= 0.6 is 0 Å². The summed E-state index contributed by atoms with van der Waals surface area (Å²) in [5.74, 6) is 0.841. The number of hydrogen-bond donors (Lipinski definition) is 2. The molecule has 4 heteroatoms. The minimum Gasteiger partial charge on any atom is -0.493 e. The molecule has 1 aromatic carbocycles. The summed E-state index contributed by atoms with van der Waals surface area (Å²) < 4.78 is 11.5. The van der Waals surface area contributed by atoms with E-state index in [0.717, 1.165) is 36.6 Å². The van der Waals surface area contributed by atoms with E-state index in [1.807, 2.05) is 18.2 Å². The molecule has 0 aromatic heterocycles. The lowest BCUT2D eigenvalue weighted by Gasteiger charge is -2.22. The molecule has 2 heterocycles. The smallest absolute Gasteiger partial charge is 0.123 e. The van der Waals surface area contributed by atoms with E-state index in [9.17, 15) is 0 Å². The van der Waals surface area contributed by atoms with Gasteiger partial charge in [-0.15, -0.1) is 0 Å². The molecule has 3 rings (SSSR count). The van der Waals surface area contributed by atoms with Gasteiger partial charge in [-0.2, -0.15) is 0 Å². The molecule has 0 radical (unpaired) electrons. The largest absolute Gasteiger partial charge is 0.493 e. The highest BCUT2D eigenvalue weighted by Gasteiger charge is 2.40. The van der Waals surface area contributed by atoms with Crippen LogP contribution in [0.3, 0.4) is 0 Å². The van der Waals surface area contributed by atoms with Crippen LogP contribution in [0.15, 0.2) is 18.2 Å². The van der Waals surface area contributed by atoms with Gasteiger partial charge in [-0.1, -0.05) is 6.92 Å². The summed E-state index contributed by atoms with van der Waals surface area (Å²) in [6, 6.07) is 6.28. The fourth-order valence-electron chi connectivity index (χ4n) is 3.01. The number of hydrogen-bond acceptors (Lipinski definition) is 4. The molecule has 3 atom stereocenters. The van der Waals surface area contributed by atoms with Crippen molar-refractivity contribution < 1.29 is 9.47 Å². The van der Waals surface area contributed by atoms with Crippen LogP contribution in [0.1, 0.15) is 32.6 Å². The quantitative estimate of drug-likeness (QED) is 0.801. The summed E-state index contributed by atoms with van der Waals surface area (Å²) in [6.07, 6.45) is 5.31. The topological polar surface area (TPSA) is 56.5 Å². The highest BCUT2D eigenvalue weighted by molar-refractivity contribution is 5.59. The average Bonchev–Trinajstić information content (AvgIpc) is 2.98. The van der Waals surface area contributed by atoms with Gasteiger partial charge in [0.1, 0.15) is 5.75 Å². The second-order valence-corrected chi connectivity index (χ2v) is 5.50. The Labute approximate surface area is 114 Å². The van der Waals surface area contributed by atoms with E-state index in [1.165, 1.54) is 12.8 Å². The lowest BCUT2D eigenvalue weighted by molar-refractivity contribution is 0.102. The maximum Gasteiger partial charge on any atom is 0.123 e. The molecule has 3 unspecified atom stereocenters. The molecule has 0 spiro atoms. The zero-order valence-electron chi connectivity index (χ0n) is 11.4. The summed E-state index contributed by atoms with van der Waals surface area (Å²) >= 11 is 0. The predicted molar refractivity (Wildman–Crippen MR) is 76.6 cm³/mol. The van der Waals surface area contributed by atoms with Crippen molar-refractivity contribution in [3.8, 4) is 5.75 Å². The van der Waals surface area contributed by atoms with Gasteiger partial charge in [0.25, 0.3) is 0 Å². The van der Waals surface area contributed by atoms with E-state index >= 15 is 0 Å². The molecule has 19 heavy (non-hydrogen) atoms. The Kier molecular flexibility index (Phi) is 3.51. The molecule has 0 amide bonds. The molecule has 0 aliphatic carbocycles. The molecule has 0 saturated carbocycles. The van der Waals surface area contributed by atoms with Crippen LogP contribution < -0.4 is 15.8 Å². The Morgan fingerprint density at radius 1 is 1.37 bits per heavy atom. The van der Waals surface area contributed by atoms with Gasteiger partial charge in [0.05, 0.1) is 24.9 Å². The Morgan fingerprint density at radius 2 is 2.26 bits per heavy atom.